The lowest BCUT2D eigenvalue weighted by Gasteiger charge is -2.18. The molecule has 4 rings (SSSR count). The van der Waals surface area contributed by atoms with E-state index >= 15 is 0 Å². The summed E-state index contributed by atoms with van der Waals surface area (Å²) in [7, 11) is 0. The molecule has 4 heteroatoms. The maximum Gasteiger partial charge on any atom is 0.0723 e. The molecule has 0 amide bonds. The first-order valence-electron chi connectivity index (χ1n) is 7.96. The van der Waals surface area contributed by atoms with Gasteiger partial charge in [0.2, 0.25) is 0 Å². The fraction of sp³-hybridized carbons (Fsp3) is 0.211. The van der Waals surface area contributed by atoms with Gasteiger partial charge in [0.1, 0.15) is 0 Å². The van der Waals surface area contributed by atoms with Crippen LogP contribution in [-0.2, 0) is 0 Å². The Kier molecular flexibility index (Phi) is 3.80. The van der Waals surface area contributed by atoms with Crippen LogP contribution in [0.2, 0.25) is 5.02 Å². The Hall–Kier alpha value is -2.26. The number of halogens is 1. The highest BCUT2D eigenvalue weighted by Crippen LogP contribution is 2.29. The minimum atomic E-state index is 0.720. The van der Waals surface area contributed by atoms with E-state index in [2.05, 4.69) is 39.5 Å². The molecule has 1 aliphatic rings. The Morgan fingerprint density at radius 1 is 0.957 bits per heavy atom. The third-order valence-corrected chi connectivity index (χ3v) is 4.56. The first kappa shape index (κ1) is 14.3. The molecular weight excluding hydrogens is 306 g/mol. The van der Waals surface area contributed by atoms with Gasteiger partial charge in [-0.15, -0.1) is 0 Å². The van der Waals surface area contributed by atoms with Gasteiger partial charge in [0, 0.05) is 46.8 Å². The monoisotopic (exact) mass is 323 g/mol. The Bertz CT molecular complexity index is 824. The number of hydrogen-bond donors (Lipinski definition) is 1. The third kappa shape index (κ3) is 2.97. The van der Waals surface area contributed by atoms with Crippen molar-refractivity contribution in [3.8, 4) is 0 Å². The second-order valence-electron chi connectivity index (χ2n) is 5.89. The summed E-state index contributed by atoms with van der Waals surface area (Å²) in [5.41, 5.74) is 4.33. The number of nitrogens with zero attached hydrogens (tertiary/aromatic N) is 2. The lowest BCUT2D eigenvalue weighted by atomic mass is 10.1. The van der Waals surface area contributed by atoms with Crippen molar-refractivity contribution in [1.29, 1.82) is 0 Å². The molecule has 23 heavy (non-hydrogen) atoms. The summed E-state index contributed by atoms with van der Waals surface area (Å²) < 4.78 is 0. The molecule has 1 aromatic heterocycles. The molecular formula is C19H18ClN3. The van der Waals surface area contributed by atoms with Crippen LogP contribution in [0.3, 0.4) is 0 Å². The molecule has 0 bridgehead atoms. The van der Waals surface area contributed by atoms with E-state index in [4.69, 9.17) is 11.6 Å². The van der Waals surface area contributed by atoms with Crippen molar-refractivity contribution >= 4 is 39.6 Å². The van der Waals surface area contributed by atoms with Gasteiger partial charge >= 0.3 is 0 Å². The second kappa shape index (κ2) is 6.09. The Morgan fingerprint density at radius 2 is 1.74 bits per heavy atom. The van der Waals surface area contributed by atoms with E-state index < -0.39 is 0 Å². The first-order chi connectivity index (χ1) is 11.3. The highest BCUT2D eigenvalue weighted by molar-refractivity contribution is 6.31. The summed E-state index contributed by atoms with van der Waals surface area (Å²) in [6, 6.07) is 16.4. The number of anilines is 3. The summed E-state index contributed by atoms with van der Waals surface area (Å²) in [4.78, 5) is 6.82. The SMILES string of the molecule is Clc1ccc2nccc(Nc3ccc(N4CCCC4)cc3)c2c1. The predicted octanol–water partition coefficient (Wildman–Crippen LogP) is 5.23. The molecule has 1 N–H and O–H groups in total. The molecule has 116 valence electrons. The number of rotatable bonds is 3. The highest BCUT2D eigenvalue weighted by atomic mass is 35.5. The lowest BCUT2D eigenvalue weighted by Crippen LogP contribution is -2.17. The van der Waals surface area contributed by atoms with Gasteiger partial charge in [0.15, 0.2) is 0 Å². The fourth-order valence-electron chi connectivity index (χ4n) is 3.11. The molecule has 1 fully saturated rings. The number of benzene rings is 2. The number of aromatic nitrogens is 1. The molecule has 0 unspecified atom stereocenters. The van der Waals surface area contributed by atoms with Gasteiger partial charge in [-0.05, 0) is 61.4 Å². The summed E-state index contributed by atoms with van der Waals surface area (Å²) in [5, 5.41) is 5.23. The fourth-order valence-corrected chi connectivity index (χ4v) is 3.29. The van der Waals surface area contributed by atoms with Crippen LogP contribution in [0.4, 0.5) is 17.1 Å². The van der Waals surface area contributed by atoms with Crippen LogP contribution in [0.15, 0.2) is 54.7 Å². The minimum absolute atomic E-state index is 0.720. The lowest BCUT2D eigenvalue weighted by molar-refractivity contribution is 0.949. The topological polar surface area (TPSA) is 28.2 Å². The van der Waals surface area contributed by atoms with E-state index in [0.29, 0.717) is 0 Å². The summed E-state index contributed by atoms with van der Waals surface area (Å²) in [5.74, 6) is 0. The van der Waals surface area contributed by atoms with Gasteiger partial charge in [-0.1, -0.05) is 11.6 Å². The molecule has 2 heterocycles. The van der Waals surface area contributed by atoms with Gasteiger partial charge in [-0.25, -0.2) is 0 Å². The summed E-state index contributed by atoms with van der Waals surface area (Å²) in [6.07, 6.45) is 4.41. The van der Waals surface area contributed by atoms with Crippen LogP contribution < -0.4 is 10.2 Å². The normalized spacial score (nSPS) is 14.4. The minimum Gasteiger partial charge on any atom is -0.372 e. The van der Waals surface area contributed by atoms with Gasteiger partial charge in [-0.2, -0.15) is 0 Å². The van der Waals surface area contributed by atoms with Crippen LogP contribution in [0.5, 0.6) is 0 Å². The number of nitrogens with one attached hydrogen (secondary N) is 1. The molecule has 0 atom stereocenters. The molecule has 0 spiro atoms. The van der Waals surface area contributed by atoms with E-state index in [1.165, 1.54) is 31.6 Å². The predicted molar refractivity (Wildman–Crippen MR) is 97.9 cm³/mol. The summed E-state index contributed by atoms with van der Waals surface area (Å²) in [6.45, 7) is 2.33. The third-order valence-electron chi connectivity index (χ3n) is 4.32. The molecule has 0 radical (unpaired) electrons. The van der Waals surface area contributed by atoms with E-state index in [1.807, 2.05) is 30.5 Å². The van der Waals surface area contributed by atoms with Crippen LogP contribution in [0.1, 0.15) is 12.8 Å². The van der Waals surface area contributed by atoms with Crippen molar-refractivity contribution in [2.24, 2.45) is 0 Å². The van der Waals surface area contributed by atoms with Crippen LogP contribution >= 0.6 is 11.6 Å². The zero-order valence-corrected chi connectivity index (χ0v) is 13.6. The number of hydrogen-bond acceptors (Lipinski definition) is 3. The van der Waals surface area contributed by atoms with Crippen molar-refractivity contribution in [3.05, 3.63) is 59.8 Å². The first-order valence-corrected chi connectivity index (χ1v) is 8.34. The van der Waals surface area contributed by atoms with Crippen molar-refractivity contribution in [3.63, 3.8) is 0 Å². The van der Waals surface area contributed by atoms with Crippen molar-refractivity contribution < 1.29 is 0 Å². The van der Waals surface area contributed by atoms with Gasteiger partial charge in [-0.3, -0.25) is 4.98 Å². The number of fused-ring (bicyclic) bond motifs is 1. The zero-order chi connectivity index (χ0) is 15.6. The zero-order valence-electron chi connectivity index (χ0n) is 12.8. The maximum atomic E-state index is 6.13. The molecule has 3 aromatic rings. The van der Waals surface area contributed by atoms with Crippen molar-refractivity contribution in [2.75, 3.05) is 23.3 Å². The largest absolute Gasteiger partial charge is 0.372 e. The smallest absolute Gasteiger partial charge is 0.0723 e. The Labute approximate surface area is 140 Å². The Balaban J connectivity index is 1.61. The standard InChI is InChI=1S/C19H18ClN3/c20-14-3-8-18-17(13-14)19(9-10-21-18)22-15-4-6-16(7-5-15)23-11-1-2-12-23/h3-10,13H,1-2,11-12H2,(H,21,22). The molecule has 3 nitrogen and oxygen atoms in total. The Morgan fingerprint density at radius 3 is 2.52 bits per heavy atom. The van der Waals surface area contributed by atoms with E-state index in [0.717, 1.165) is 27.3 Å². The highest BCUT2D eigenvalue weighted by Gasteiger charge is 2.12. The average Bonchev–Trinajstić information content (AvgIpc) is 3.11. The van der Waals surface area contributed by atoms with Crippen molar-refractivity contribution in [2.45, 2.75) is 12.8 Å². The molecule has 1 saturated heterocycles. The van der Waals surface area contributed by atoms with Gasteiger partial charge in [0.25, 0.3) is 0 Å². The van der Waals surface area contributed by atoms with Crippen LogP contribution in [0.25, 0.3) is 10.9 Å². The van der Waals surface area contributed by atoms with Crippen LogP contribution in [0, 0.1) is 0 Å². The molecule has 0 aliphatic carbocycles. The van der Waals surface area contributed by atoms with Gasteiger partial charge < -0.3 is 10.2 Å². The van der Waals surface area contributed by atoms with Gasteiger partial charge in [0.05, 0.1) is 5.52 Å². The molecule has 2 aromatic carbocycles. The summed E-state index contributed by atoms with van der Waals surface area (Å²) >= 11 is 6.13. The maximum absolute atomic E-state index is 6.13. The number of pyridine rings is 1. The van der Waals surface area contributed by atoms with E-state index in [9.17, 15) is 0 Å². The van der Waals surface area contributed by atoms with Crippen molar-refractivity contribution in [1.82, 2.24) is 4.98 Å². The second-order valence-corrected chi connectivity index (χ2v) is 6.32. The quantitative estimate of drug-likeness (QED) is 0.715. The van der Waals surface area contributed by atoms with Crippen LogP contribution in [-0.4, -0.2) is 18.1 Å². The average molecular weight is 324 g/mol. The molecule has 0 saturated carbocycles. The molecule has 1 aliphatic heterocycles. The van der Waals surface area contributed by atoms with E-state index in [1.54, 1.807) is 0 Å². The van der Waals surface area contributed by atoms with E-state index in [-0.39, 0.29) is 0 Å².